The molecule has 0 atom stereocenters. The van der Waals surface area contributed by atoms with Crippen LogP contribution in [0.15, 0.2) is 24.4 Å². The van der Waals surface area contributed by atoms with Crippen molar-refractivity contribution >= 4 is 17.4 Å². The van der Waals surface area contributed by atoms with E-state index in [1.54, 1.807) is 4.68 Å². The van der Waals surface area contributed by atoms with E-state index in [-0.39, 0.29) is 5.78 Å². The van der Waals surface area contributed by atoms with Crippen LogP contribution in [0.2, 0.25) is 5.02 Å². The van der Waals surface area contributed by atoms with Crippen molar-refractivity contribution in [3.8, 4) is 0 Å². The minimum Gasteiger partial charge on any atom is -0.308 e. The molecular formula is C16H20ClN3O. The van der Waals surface area contributed by atoms with E-state index < -0.39 is 0 Å². The summed E-state index contributed by atoms with van der Waals surface area (Å²) in [7, 11) is 3.97. The van der Waals surface area contributed by atoms with E-state index >= 15 is 0 Å². The number of ketones is 1. The van der Waals surface area contributed by atoms with Gasteiger partial charge in [0.2, 0.25) is 5.78 Å². The smallest absolute Gasteiger partial charge is 0.212 e. The molecule has 0 amide bonds. The average Bonchev–Trinajstić information content (AvgIpc) is 2.75. The van der Waals surface area contributed by atoms with Crippen molar-refractivity contribution < 1.29 is 4.79 Å². The van der Waals surface area contributed by atoms with Crippen molar-refractivity contribution in [3.63, 3.8) is 0 Å². The summed E-state index contributed by atoms with van der Waals surface area (Å²) in [6, 6.07) is 5.81. The zero-order valence-electron chi connectivity index (χ0n) is 12.9. The molecule has 0 spiro atoms. The first-order valence-corrected chi connectivity index (χ1v) is 7.25. The van der Waals surface area contributed by atoms with Crippen molar-refractivity contribution in [2.45, 2.75) is 20.4 Å². The van der Waals surface area contributed by atoms with Crippen LogP contribution < -0.4 is 0 Å². The molecule has 0 N–H and O–H groups in total. The Kier molecular flexibility index (Phi) is 4.80. The number of carbonyl (C=O) groups excluding carboxylic acids is 1. The predicted molar refractivity (Wildman–Crippen MR) is 85.1 cm³/mol. The van der Waals surface area contributed by atoms with Crippen LogP contribution in [0.5, 0.6) is 0 Å². The number of halogens is 1. The van der Waals surface area contributed by atoms with Gasteiger partial charge in [0.05, 0.1) is 17.8 Å². The lowest BCUT2D eigenvalue weighted by atomic mass is 10.0. The van der Waals surface area contributed by atoms with E-state index in [1.807, 2.05) is 51.0 Å². The van der Waals surface area contributed by atoms with Crippen LogP contribution >= 0.6 is 11.6 Å². The summed E-state index contributed by atoms with van der Waals surface area (Å²) >= 11 is 6.17. The van der Waals surface area contributed by atoms with Gasteiger partial charge in [-0.05, 0) is 40.1 Å². The van der Waals surface area contributed by atoms with Gasteiger partial charge in [-0.2, -0.15) is 5.10 Å². The third kappa shape index (κ3) is 3.71. The Morgan fingerprint density at radius 3 is 2.43 bits per heavy atom. The standard InChI is InChI=1S/C16H20ClN3O/c1-11-7-12(2)9-13(8-11)16(21)15-14(17)10-18-20(15)6-5-19(3)4/h7-10H,5-6H2,1-4H3. The van der Waals surface area contributed by atoms with Crippen LogP contribution in [0.25, 0.3) is 0 Å². The summed E-state index contributed by atoms with van der Waals surface area (Å²) in [6.45, 7) is 5.39. The largest absolute Gasteiger partial charge is 0.308 e. The molecule has 5 heteroatoms. The van der Waals surface area contributed by atoms with Gasteiger partial charge in [-0.25, -0.2) is 0 Å². The van der Waals surface area contributed by atoms with E-state index in [2.05, 4.69) is 5.10 Å². The normalized spacial score (nSPS) is 11.1. The van der Waals surface area contributed by atoms with Gasteiger partial charge in [0, 0.05) is 12.1 Å². The Morgan fingerprint density at radius 1 is 1.24 bits per heavy atom. The number of benzene rings is 1. The number of rotatable bonds is 5. The van der Waals surface area contributed by atoms with Gasteiger partial charge < -0.3 is 4.90 Å². The van der Waals surface area contributed by atoms with Crippen molar-refractivity contribution in [2.24, 2.45) is 0 Å². The number of hydrogen-bond acceptors (Lipinski definition) is 3. The third-order valence-electron chi connectivity index (χ3n) is 3.25. The molecule has 0 aliphatic rings. The lowest BCUT2D eigenvalue weighted by molar-refractivity contribution is 0.102. The van der Waals surface area contributed by atoms with Gasteiger partial charge in [-0.15, -0.1) is 0 Å². The Balaban J connectivity index is 2.36. The van der Waals surface area contributed by atoms with Gasteiger partial charge in [-0.3, -0.25) is 9.48 Å². The zero-order chi connectivity index (χ0) is 15.6. The Labute approximate surface area is 130 Å². The Hall–Kier alpha value is -1.65. The summed E-state index contributed by atoms with van der Waals surface area (Å²) in [5, 5.41) is 4.62. The number of aryl methyl sites for hydroxylation is 2. The molecule has 112 valence electrons. The highest BCUT2D eigenvalue weighted by Crippen LogP contribution is 2.20. The molecule has 2 aromatic rings. The summed E-state index contributed by atoms with van der Waals surface area (Å²) in [4.78, 5) is 14.8. The fraction of sp³-hybridized carbons (Fsp3) is 0.375. The second kappa shape index (κ2) is 6.41. The van der Waals surface area contributed by atoms with Crippen LogP contribution in [0.3, 0.4) is 0 Å². The number of hydrogen-bond donors (Lipinski definition) is 0. The van der Waals surface area contributed by atoms with E-state index in [4.69, 9.17) is 11.6 Å². The molecule has 0 unspecified atom stereocenters. The molecule has 0 fully saturated rings. The number of likely N-dealkylation sites (N-methyl/N-ethyl adjacent to an activating group) is 1. The van der Waals surface area contributed by atoms with E-state index in [0.717, 1.165) is 17.7 Å². The average molecular weight is 306 g/mol. The second-order valence-electron chi connectivity index (χ2n) is 5.57. The van der Waals surface area contributed by atoms with Gasteiger partial charge in [0.25, 0.3) is 0 Å². The van der Waals surface area contributed by atoms with Crippen molar-refractivity contribution in [1.82, 2.24) is 14.7 Å². The lowest BCUT2D eigenvalue weighted by Crippen LogP contribution is -2.21. The molecule has 1 aromatic carbocycles. The minimum absolute atomic E-state index is 0.0805. The van der Waals surface area contributed by atoms with Crippen LogP contribution in [0, 0.1) is 13.8 Å². The first kappa shape index (κ1) is 15.7. The van der Waals surface area contributed by atoms with Gasteiger partial charge in [0.1, 0.15) is 5.69 Å². The highest BCUT2D eigenvalue weighted by atomic mass is 35.5. The molecule has 0 bridgehead atoms. The highest BCUT2D eigenvalue weighted by molar-refractivity contribution is 6.34. The van der Waals surface area contributed by atoms with Crippen molar-refractivity contribution in [3.05, 3.63) is 51.8 Å². The summed E-state index contributed by atoms with van der Waals surface area (Å²) in [5.41, 5.74) is 3.24. The number of nitrogens with zero attached hydrogens (tertiary/aromatic N) is 3. The van der Waals surface area contributed by atoms with E-state index in [1.165, 1.54) is 6.20 Å². The highest BCUT2D eigenvalue weighted by Gasteiger charge is 2.19. The topological polar surface area (TPSA) is 38.1 Å². The molecular weight excluding hydrogens is 286 g/mol. The molecule has 4 nitrogen and oxygen atoms in total. The molecule has 0 radical (unpaired) electrons. The number of aromatic nitrogens is 2. The quantitative estimate of drug-likeness (QED) is 0.797. The summed E-state index contributed by atoms with van der Waals surface area (Å²) < 4.78 is 1.68. The third-order valence-corrected chi connectivity index (χ3v) is 3.53. The maximum Gasteiger partial charge on any atom is 0.212 e. The maximum atomic E-state index is 12.7. The minimum atomic E-state index is -0.0805. The first-order chi connectivity index (χ1) is 9.88. The number of carbonyl (C=O) groups is 1. The fourth-order valence-corrected chi connectivity index (χ4v) is 2.52. The van der Waals surface area contributed by atoms with Crippen molar-refractivity contribution in [2.75, 3.05) is 20.6 Å². The zero-order valence-corrected chi connectivity index (χ0v) is 13.6. The fourth-order valence-electron chi connectivity index (χ4n) is 2.29. The summed E-state index contributed by atoms with van der Waals surface area (Å²) in [6.07, 6.45) is 1.53. The molecule has 2 rings (SSSR count). The second-order valence-corrected chi connectivity index (χ2v) is 5.98. The van der Waals surface area contributed by atoms with Crippen LogP contribution in [0.4, 0.5) is 0 Å². The van der Waals surface area contributed by atoms with Crippen LogP contribution in [-0.4, -0.2) is 41.1 Å². The molecule has 0 aliphatic heterocycles. The van der Waals surface area contributed by atoms with E-state index in [9.17, 15) is 4.79 Å². The van der Waals surface area contributed by atoms with Gasteiger partial charge in [0.15, 0.2) is 0 Å². The van der Waals surface area contributed by atoms with Crippen LogP contribution in [-0.2, 0) is 6.54 Å². The predicted octanol–water partition coefficient (Wildman–Crippen LogP) is 2.95. The Morgan fingerprint density at radius 2 is 1.86 bits per heavy atom. The Bertz CT molecular complexity index is 641. The van der Waals surface area contributed by atoms with E-state index in [0.29, 0.717) is 22.8 Å². The summed E-state index contributed by atoms with van der Waals surface area (Å²) in [5.74, 6) is -0.0805. The molecule has 0 aliphatic carbocycles. The SMILES string of the molecule is Cc1cc(C)cc(C(=O)c2c(Cl)cnn2CCN(C)C)c1. The maximum absolute atomic E-state index is 12.7. The van der Waals surface area contributed by atoms with Gasteiger partial charge >= 0.3 is 0 Å². The van der Waals surface area contributed by atoms with Crippen molar-refractivity contribution in [1.29, 1.82) is 0 Å². The molecule has 21 heavy (non-hydrogen) atoms. The lowest BCUT2D eigenvalue weighted by Gasteiger charge is -2.12. The van der Waals surface area contributed by atoms with Crippen LogP contribution in [0.1, 0.15) is 27.2 Å². The first-order valence-electron chi connectivity index (χ1n) is 6.87. The molecule has 0 saturated carbocycles. The molecule has 1 aromatic heterocycles. The van der Waals surface area contributed by atoms with Gasteiger partial charge in [-0.1, -0.05) is 28.8 Å². The monoisotopic (exact) mass is 305 g/mol. The molecule has 1 heterocycles. The molecule has 0 saturated heterocycles.